The van der Waals surface area contributed by atoms with Gasteiger partial charge in [-0.15, -0.1) is 0 Å². The lowest BCUT2D eigenvalue weighted by Gasteiger charge is -2.16. The monoisotopic (exact) mass is 300 g/mol. The molecule has 108 valence electrons. The molecule has 0 saturated carbocycles. The van der Waals surface area contributed by atoms with Crippen LogP contribution in [-0.2, 0) is 26.2 Å². The first kappa shape index (κ1) is 14.1. The Hall–Kier alpha value is -2.29. The van der Waals surface area contributed by atoms with Crippen molar-refractivity contribution < 1.29 is 28.2 Å². The molecule has 1 aromatic rings. The average Bonchev–Trinajstić information content (AvgIpc) is 2.60. The Kier molecular flexibility index (Phi) is 3.53. The van der Waals surface area contributed by atoms with Crippen LogP contribution >= 0.6 is 0 Å². The molecule has 1 amide bonds. The molecular formula is C11H12N2O6S. The van der Waals surface area contributed by atoms with Gasteiger partial charge in [0.2, 0.25) is 0 Å². The fraction of sp³-hybridized carbons (Fsp3) is 0.273. The largest absolute Gasteiger partial charge is 0.506 e. The second-order valence-electron chi connectivity index (χ2n) is 4.25. The molecule has 1 fully saturated rings. The van der Waals surface area contributed by atoms with E-state index in [1.807, 2.05) is 0 Å². The number of carbonyl (C=O) groups is 2. The Balaban J connectivity index is 2.26. The molecule has 1 saturated heterocycles. The molecule has 1 aliphatic rings. The number of hydrogen-bond acceptors (Lipinski definition) is 5. The topological polar surface area (TPSA) is 124 Å². The lowest BCUT2D eigenvalue weighted by atomic mass is 10.1. The van der Waals surface area contributed by atoms with Gasteiger partial charge in [0.15, 0.2) is 0 Å². The third-order valence-corrected chi connectivity index (χ3v) is 4.15. The molecule has 0 unspecified atom stereocenters. The van der Waals surface area contributed by atoms with Crippen LogP contribution in [0.15, 0.2) is 18.2 Å². The zero-order valence-electron chi connectivity index (χ0n) is 10.2. The number of nitrogens with one attached hydrogen (secondary N) is 1. The molecule has 0 atom stereocenters. The van der Waals surface area contributed by atoms with E-state index in [-0.39, 0.29) is 24.3 Å². The van der Waals surface area contributed by atoms with E-state index < -0.39 is 28.6 Å². The van der Waals surface area contributed by atoms with E-state index in [1.165, 1.54) is 18.2 Å². The number of carbonyl (C=O) groups excluding carboxylic acids is 1. The van der Waals surface area contributed by atoms with E-state index in [4.69, 9.17) is 5.11 Å². The van der Waals surface area contributed by atoms with Crippen LogP contribution in [-0.4, -0.2) is 37.1 Å². The van der Waals surface area contributed by atoms with Crippen molar-refractivity contribution in [1.29, 1.82) is 0 Å². The number of nitrogens with zero attached hydrogens (tertiary/aromatic N) is 1. The molecule has 1 heterocycles. The Morgan fingerprint density at radius 3 is 2.60 bits per heavy atom. The highest BCUT2D eigenvalue weighted by atomic mass is 32.2. The predicted molar refractivity (Wildman–Crippen MR) is 68.5 cm³/mol. The average molecular weight is 300 g/mol. The molecule has 0 aromatic heterocycles. The van der Waals surface area contributed by atoms with Crippen molar-refractivity contribution in [3.8, 4) is 5.75 Å². The Bertz CT molecular complexity index is 669. The molecule has 0 bridgehead atoms. The van der Waals surface area contributed by atoms with Crippen LogP contribution in [0.25, 0.3) is 0 Å². The van der Waals surface area contributed by atoms with E-state index in [9.17, 15) is 23.1 Å². The zero-order chi connectivity index (χ0) is 14.9. The summed E-state index contributed by atoms with van der Waals surface area (Å²) >= 11 is 0. The van der Waals surface area contributed by atoms with Crippen molar-refractivity contribution in [2.45, 2.75) is 12.8 Å². The number of rotatable bonds is 4. The number of phenols is 1. The first-order valence-electron chi connectivity index (χ1n) is 5.66. The number of phenolic OH excluding ortho intramolecular Hbond substituents is 1. The summed E-state index contributed by atoms with van der Waals surface area (Å²) in [6.07, 6.45) is 0.119. The highest BCUT2D eigenvalue weighted by Gasteiger charge is 2.35. The molecule has 3 N–H and O–H groups in total. The number of aryl methyl sites for hydroxylation is 1. The number of carboxylic acid groups (broad SMARTS) is 1. The summed E-state index contributed by atoms with van der Waals surface area (Å²) < 4.78 is 25.8. The van der Waals surface area contributed by atoms with Gasteiger partial charge >= 0.3 is 16.2 Å². The molecule has 2 rings (SSSR count). The van der Waals surface area contributed by atoms with Gasteiger partial charge in [0.1, 0.15) is 12.3 Å². The van der Waals surface area contributed by atoms with Gasteiger partial charge in [-0.1, -0.05) is 6.07 Å². The van der Waals surface area contributed by atoms with Gasteiger partial charge < -0.3 is 10.2 Å². The minimum absolute atomic E-state index is 0.0255. The van der Waals surface area contributed by atoms with Gasteiger partial charge in [0.05, 0.1) is 5.69 Å². The zero-order valence-corrected chi connectivity index (χ0v) is 11.1. The summed E-state index contributed by atoms with van der Waals surface area (Å²) in [5.41, 5.74) is 0.534. The van der Waals surface area contributed by atoms with E-state index in [1.54, 1.807) is 4.72 Å². The van der Waals surface area contributed by atoms with Gasteiger partial charge in [-0.2, -0.15) is 8.42 Å². The molecule has 0 aliphatic carbocycles. The Morgan fingerprint density at radius 2 is 2.10 bits per heavy atom. The molecular weight excluding hydrogens is 288 g/mol. The fourth-order valence-corrected chi connectivity index (χ4v) is 3.01. The van der Waals surface area contributed by atoms with Crippen LogP contribution in [0.4, 0.5) is 5.69 Å². The maximum atomic E-state index is 11.6. The standard InChI is InChI=1S/C11H12N2O6S/c14-9-5-7(2-4-11(16)17)1-3-8(9)13-6-10(15)12-20(13,18)19/h1,3,5,14H,2,4,6H2,(H,12,15)(H,16,17). The molecule has 9 heteroatoms. The normalized spacial score (nSPS) is 17.0. The fourth-order valence-electron chi connectivity index (χ4n) is 1.85. The summed E-state index contributed by atoms with van der Waals surface area (Å²) in [4.78, 5) is 21.6. The lowest BCUT2D eigenvalue weighted by molar-refractivity contribution is -0.137. The minimum Gasteiger partial charge on any atom is -0.506 e. The second-order valence-corrected chi connectivity index (χ2v) is 5.85. The number of aromatic hydroxyl groups is 1. The minimum atomic E-state index is -3.97. The molecule has 0 radical (unpaired) electrons. The van der Waals surface area contributed by atoms with Crippen molar-refractivity contribution in [3.05, 3.63) is 23.8 Å². The number of carboxylic acids is 1. The van der Waals surface area contributed by atoms with E-state index in [0.29, 0.717) is 5.56 Å². The van der Waals surface area contributed by atoms with Crippen LogP contribution in [0.5, 0.6) is 5.75 Å². The van der Waals surface area contributed by atoms with Crippen LogP contribution < -0.4 is 9.03 Å². The predicted octanol–water partition coefficient (Wildman–Crippen LogP) is -0.410. The number of anilines is 1. The molecule has 8 nitrogen and oxygen atoms in total. The SMILES string of the molecule is O=C(O)CCc1ccc(N2CC(=O)NS2(=O)=O)c(O)c1. The van der Waals surface area contributed by atoms with Crippen molar-refractivity contribution >= 4 is 27.8 Å². The maximum absolute atomic E-state index is 11.6. The van der Waals surface area contributed by atoms with Crippen molar-refractivity contribution in [2.24, 2.45) is 0 Å². The van der Waals surface area contributed by atoms with Gasteiger partial charge in [-0.25, -0.2) is 9.03 Å². The quantitative estimate of drug-likeness (QED) is 0.694. The van der Waals surface area contributed by atoms with Crippen molar-refractivity contribution in [2.75, 3.05) is 10.8 Å². The molecule has 1 aliphatic heterocycles. The van der Waals surface area contributed by atoms with Gasteiger partial charge in [-0.3, -0.25) is 9.59 Å². The van der Waals surface area contributed by atoms with Crippen molar-refractivity contribution in [3.63, 3.8) is 0 Å². The highest BCUT2D eigenvalue weighted by molar-refractivity contribution is 7.92. The first-order valence-corrected chi connectivity index (χ1v) is 7.10. The lowest BCUT2D eigenvalue weighted by Crippen LogP contribution is -2.29. The van der Waals surface area contributed by atoms with E-state index >= 15 is 0 Å². The number of aliphatic carboxylic acids is 1. The Morgan fingerprint density at radius 1 is 1.40 bits per heavy atom. The van der Waals surface area contributed by atoms with Gasteiger partial charge in [0.25, 0.3) is 5.91 Å². The molecule has 1 aromatic carbocycles. The van der Waals surface area contributed by atoms with E-state index in [2.05, 4.69) is 0 Å². The summed E-state index contributed by atoms with van der Waals surface area (Å²) in [6, 6.07) is 4.14. The summed E-state index contributed by atoms with van der Waals surface area (Å²) in [5.74, 6) is -1.97. The summed E-state index contributed by atoms with van der Waals surface area (Å²) in [7, 11) is -3.97. The number of hydrogen-bond donors (Lipinski definition) is 3. The van der Waals surface area contributed by atoms with Crippen molar-refractivity contribution in [1.82, 2.24) is 4.72 Å². The highest BCUT2D eigenvalue weighted by Crippen LogP contribution is 2.31. The Labute approximate surface area is 114 Å². The second kappa shape index (κ2) is 5.00. The summed E-state index contributed by atoms with van der Waals surface area (Å²) in [5, 5.41) is 18.4. The smallest absolute Gasteiger partial charge is 0.326 e. The molecule has 20 heavy (non-hydrogen) atoms. The van der Waals surface area contributed by atoms with Gasteiger partial charge in [0, 0.05) is 6.42 Å². The van der Waals surface area contributed by atoms with Crippen LogP contribution in [0.2, 0.25) is 0 Å². The molecule has 0 spiro atoms. The first-order chi connectivity index (χ1) is 9.29. The maximum Gasteiger partial charge on any atom is 0.326 e. The van der Waals surface area contributed by atoms with Gasteiger partial charge in [-0.05, 0) is 24.1 Å². The van der Waals surface area contributed by atoms with Crippen LogP contribution in [0.1, 0.15) is 12.0 Å². The van der Waals surface area contributed by atoms with Crippen LogP contribution in [0, 0.1) is 0 Å². The number of benzene rings is 1. The summed E-state index contributed by atoms with van der Waals surface area (Å²) in [6.45, 7) is -0.398. The third kappa shape index (κ3) is 2.82. The number of amides is 1. The third-order valence-electron chi connectivity index (χ3n) is 2.76. The van der Waals surface area contributed by atoms with E-state index in [0.717, 1.165) is 4.31 Å². The van der Waals surface area contributed by atoms with Crippen LogP contribution in [0.3, 0.4) is 0 Å².